The molecule has 5 rings (SSSR count). The second kappa shape index (κ2) is 8.76. The van der Waals surface area contributed by atoms with Crippen molar-refractivity contribution >= 4 is 27.9 Å². The molecule has 10 heteroatoms. The van der Waals surface area contributed by atoms with Crippen molar-refractivity contribution in [2.24, 2.45) is 5.73 Å². The van der Waals surface area contributed by atoms with Crippen LogP contribution in [0.4, 0.5) is 5.95 Å². The van der Waals surface area contributed by atoms with Gasteiger partial charge >= 0.3 is 5.82 Å². The summed E-state index contributed by atoms with van der Waals surface area (Å²) >= 11 is 0. The second-order valence-electron chi connectivity index (χ2n) is 8.54. The van der Waals surface area contributed by atoms with Crippen molar-refractivity contribution in [2.45, 2.75) is 45.8 Å². The molecule has 0 radical (unpaired) electrons. The Labute approximate surface area is 196 Å². The largest absolute Gasteiger partial charge is 0.710 e. The van der Waals surface area contributed by atoms with Crippen molar-refractivity contribution in [1.82, 2.24) is 24.3 Å². The van der Waals surface area contributed by atoms with E-state index in [1.165, 1.54) is 4.68 Å². The molecule has 0 spiro atoms. The van der Waals surface area contributed by atoms with Gasteiger partial charge in [0.25, 0.3) is 5.56 Å². The number of para-hydroxylation sites is 1. The molecule has 10 nitrogen and oxygen atoms in total. The molecule has 2 N–H and O–H groups in total. The molecule has 1 aliphatic heterocycles. The molecule has 0 amide bonds. The van der Waals surface area contributed by atoms with E-state index in [1.54, 1.807) is 20.0 Å². The molecule has 4 heterocycles. The number of fused-ring (bicyclic) bond motifs is 2. The number of nitrogens with zero attached hydrogens (tertiary/aromatic N) is 7. The van der Waals surface area contributed by atoms with Crippen LogP contribution < -0.4 is 20.9 Å². The van der Waals surface area contributed by atoms with Gasteiger partial charge in [-0.1, -0.05) is 18.1 Å². The van der Waals surface area contributed by atoms with Crippen molar-refractivity contribution in [1.29, 1.82) is 0 Å². The van der Waals surface area contributed by atoms with E-state index in [4.69, 9.17) is 10.7 Å². The van der Waals surface area contributed by atoms with Gasteiger partial charge in [0.15, 0.2) is 12.1 Å². The van der Waals surface area contributed by atoms with Crippen LogP contribution in [0.25, 0.3) is 21.9 Å². The van der Waals surface area contributed by atoms with Crippen molar-refractivity contribution in [2.75, 3.05) is 18.0 Å². The summed E-state index contributed by atoms with van der Waals surface area (Å²) in [5.41, 5.74) is 7.97. The minimum absolute atomic E-state index is 0.0570. The zero-order chi connectivity index (χ0) is 23.8. The standard InChI is InChI=1S/C24H26N8O2/c1-3-4-12-30-22-20(28-24(30)29-11-7-8-17(25)14-29)13-26-31(23(22)33)15-21-27-19-10-6-5-9-18(19)16(2)32(21)34/h5-6,9-10,13,17H,7-8,11-12,14-15,25H2,1-2H3/t17-/m1/s1. The highest BCUT2D eigenvalue weighted by Crippen LogP contribution is 2.23. The number of imidazole rings is 1. The normalized spacial score (nSPS) is 16.1. The fourth-order valence-electron chi connectivity index (χ4n) is 4.53. The van der Waals surface area contributed by atoms with Gasteiger partial charge in [-0.2, -0.15) is 5.10 Å². The van der Waals surface area contributed by atoms with E-state index in [-0.39, 0.29) is 24.0 Å². The van der Waals surface area contributed by atoms with E-state index in [0.29, 0.717) is 41.3 Å². The molecule has 0 saturated carbocycles. The van der Waals surface area contributed by atoms with E-state index in [1.807, 2.05) is 28.8 Å². The van der Waals surface area contributed by atoms with Crippen LogP contribution in [0.1, 0.15) is 31.3 Å². The average Bonchev–Trinajstić information content (AvgIpc) is 3.22. The monoisotopic (exact) mass is 458 g/mol. The van der Waals surface area contributed by atoms with E-state index in [0.717, 1.165) is 29.5 Å². The van der Waals surface area contributed by atoms with Crippen molar-refractivity contribution < 1.29 is 4.73 Å². The first kappa shape index (κ1) is 21.9. The summed E-state index contributed by atoms with van der Waals surface area (Å²) < 4.78 is 3.85. The summed E-state index contributed by atoms with van der Waals surface area (Å²) in [5.74, 6) is 6.81. The number of benzene rings is 1. The molecule has 1 atom stereocenters. The third-order valence-corrected chi connectivity index (χ3v) is 6.26. The van der Waals surface area contributed by atoms with E-state index >= 15 is 0 Å². The van der Waals surface area contributed by atoms with Gasteiger partial charge in [-0.05, 0) is 43.8 Å². The highest BCUT2D eigenvalue weighted by atomic mass is 16.5. The number of aryl methyl sites for hydroxylation is 1. The van der Waals surface area contributed by atoms with Gasteiger partial charge < -0.3 is 15.8 Å². The highest BCUT2D eigenvalue weighted by Gasteiger charge is 2.25. The molecular formula is C24H26N8O2. The third kappa shape index (κ3) is 3.74. The Balaban J connectivity index is 1.62. The maximum Gasteiger partial charge on any atom is 0.324 e. The van der Waals surface area contributed by atoms with Crippen LogP contribution >= 0.6 is 0 Å². The van der Waals surface area contributed by atoms with Crippen LogP contribution in [0.5, 0.6) is 0 Å². The Morgan fingerprint density at radius 1 is 1.26 bits per heavy atom. The van der Waals surface area contributed by atoms with Crippen molar-refractivity contribution in [3.63, 3.8) is 0 Å². The van der Waals surface area contributed by atoms with Gasteiger partial charge in [-0.3, -0.25) is 9.36 Å². The smallest absolute Gasteiger partial charge is 0.324 e. The van der Waals surface area contributed by atoms with Gasteiger partial charge in [-0.25, -0.2) is 14.4 Å². The fraction of sp³-hybridized carbons (Fsp3) is 0.375. The highest BCUT2D eigenvalue weighted by molar-refractivity contribution is 5.79. The SMILES string of the molecule is CC#CCn1c(N2CCC[C@@H](N)C2)nc2cnn(Cc3nc4ccccc4c(C)[n+]3[O-])c(=O)c21. The molecule has 1 aromatic carbocycles. The first-order valence-electron chi connectivity index (χ1n) is 11.3. The maximum atomic E-state index is 13.5. The van der Waals surface area contributed by atoms with Crippen molar-refractivity contribution in [3.05, 3.63) is 57.5 Å². The lowest BCUT2D eigenvalue weighted by molar-refractivity contribution is -0.623. The lowest BCUT2D eigenvalue weighted by Gasteiger charge is -2.31. The molecular weight excluding hydrogens is 432 g/mol. The number of rotatable bonds is 4. The van der Waals surface area contributed by atoms with Crippen LogP contribution in [0.15, 0.2) is 35.3 Å². The molecule has 0 bridgehead atoms. The molecule has 174 valence electrons. The summed E-state index contributed by atoms with van der Waals surface area (Å²) in [6, 6.07) is 7.49. The Kier molecular flexibility index (Phi) is 5.63. The van der Waals surface area contributed by atoms with Crippen LogP contribution in [0.3, 0.4) is 0 Å². The van der Waals surface area contributed by atoms with E-state index < -0.39 is 0 Å². The minimum Gasteiger partial charge on any atom is -0.710 e. The summed E-state index contributed by atoms with van der Waals surface area (Å²) in [7, 11) is 0. The van der Waals surface area contributed by atoms with Gasteiger partial charge in [0.05, 0.1) is 18.1 Å². The predicted molar refractivity (Wildman–Crippen MR) is 129 cm³/mol. The number of nitrogens with two attached hydrogens (primary N) is 1. The maximum absolute atomic E-state index is 13.5. The molecule has 1 aliphatic rings. The van der Waals surface area contributed by atoms with Gasteiger partial charge in [0, 0.05) is 19.1 Å². The van der Waals surface area contributed by atoms with Crippen LogP contribution in [-0.2, 0) is 13.1 Å². The first-order valence-corrected chi connectivity index (χ1v) is 11.3. The summed E-state index contributed by atoms with van der Waals surface area (Å²) in [4.78, 5) is 24.9. The van der Waals surface area contributed by atoms with Crippen molar-refractivity contribution in [3.8, 4) is 11.8 Å². The molecule has 3 aromatic heterocycles. The van der Waals surface area contributed by atoms with Gasteiger partial charge in [-0.15, -0.1) is 5.92 Å². The van der Waals surface area contributed by atoms with Crippen LogP contribution in [0, 0.1) is 24.0 Å². The molecule has 4 aromatic rings. The Bertz CT molecular complexity index is 1510. The number of anilines is 1. The summed E-state index contributed by atoms with van der Waals surface area (Å²) in [6.07, 6.45) is 3.49. The Morgan fingerprint density at radius 3 is 2.88 bits per heavy atom. The molecule has 1 saturated heterocycles. The lowest BCUT2D eigenvalue weighted by Crippen LogP contribution is -2.44. The lowest BCUT2D eigenvalue weighted by atomic mass is 10.1. The number of aromatic nitrogens is 6. The Hall–Kier alpha value is -3.97. The number of hydrogen-bond acceptors (Lipinski definition) is 7. The predicted octanol–water partition coefficient (Wildman–Crippen LogP) is 1.08. The van der Waals surface area contributed by atoms with Gasteiger partial charge in [0.1, 0.15) is 16.7 Å². The summed E-state index contributed by atoms with van der Waals surface area (Å²) in [6.45, 7) is 5.25. The van der Waals surface area contributed by atoms with Gasteiger partial charge in [0.2, 0.25) is 5.95 Å². The minimum atomic E-state index is -0.344. The quantitative estimate of drug-likeness (QED) is 0.276. The molecule has 34 heavy (non-hydrogen) atoms. The zero-order valence-electron chi connectivity index (χ0n) is 19.2. The number of piperidine rings is 1. The summed E-state index contributed by atoms with van der Waals surface area (Å²) in [5, 5.41) is 17.9. The van der Waals surface area contributed by atoms with E-state index in [9.17, 15) is 10.0 Å². The zero-order valence-corrected chi connectivity index (χ0v) is 19.2. The molecule has 1 fully saturated rings. The third-order valence-electron chi connectivity index (χ3n) is 6.26. The van der Waals surface area contributed by atoms with Crippen LogP contribution in [-0.4, -0.2) is 43.4 Å². The first-order chi connectivity index (χ1) is 16.5. The molecule has 0 aliphatic carbocycles. The van der Waals surface area contributed by atoms with E-state index in [2.05, 4.69) is 26.8 Å². The molecule has 0 unspecified atom stereocenters. The number of hydrogen-bond donors (Lipinski definition) is 1. The second-order valence-corrected chi connectivity index (χ2v) is 8.54. The topological polar surface area (TPSA) is 122 Å². The fourth-order valence-corrected chi connectivity index (χ4v) is 4.53. The Morgan fingerprint density at radius 2 is 2.09 bits per heavy atom. The van der Waals surface area contributed by atoms with Crippen LogP contribution in [0.2, 0.25) is 0 Å². The average molecular weight is 459 g/mol.